The molecule has 2 N–H and O–H groups in total. The van der Waals surface area contributed by atoms with Crippen molar-refractivity contribution < 1.29 is 14.6 Å². The van der Waals surface area contributed by atoms with E-state index in [1.54, 1.807) is 6.92 Å². The molecular formula is C13H26N2O3. The Labute approximate surface area is 109 Å². The molecule has 1 aliphatic heterocycles. The van der Waals surface area contributed by atoms with Gasteiger partial charge < -0.3 is 20.1 Å². The number of nitrogens with one attached hydrogen (secondary N) is 1. The number of aliphatic hydroxyl groups excluding tert-OH is 1. The molecule has 18 heavy (non-hydrogen) atoms. The maximum absolute atomic E-state index is 11.4. The van der Waals surface area contributed by atoms with Gasteiger partial charge in [0.25, 0.3) is 0 Å². The van der Waals surface area contributed by atoms with Crippen LogP contribution in [-0.4, -0.2) is 54.5 Å². The molecule has 0 radical (unpaired) electrons. The number of alkyl carbamates (subject to hydrolysis) is 1. The highest BCUT2D eigenvalue weighted by molar-refractivity contribution is 5.67. The minimum atomic E-state index is -0.356. The molecule has 5 heteroatoms. The van der Waals surface area contributed by atoms with Crippen molar-refractivity contribution in [1.29, 1.82) is 0 Å². The van der Waals surface area contributed by atoms with Crippen LogP contribution in [0.3, 0.4) is 0 Å². The summed E-state index contributed by atoms with van der Waals surface area (Å²) in [5, 5.41) is 12.9. The number of amides is 1. The summed E-state index contributed by atoms with van der Waals surface area (Å²) in [6.45, 7) is 8.95. The number of hydrogen-bond acceptors (Lipinski definition) is 4. The van der Waals surface area contributed by atoms with Gasteiger partial charge in [0.1, 0.15) is 0 Å². The van der Waals surface area contributed by atoms with Crippen molar-refractivity contribution in [2.24, 2.45) is 5.92 Å². The second-order valence-electron chi connectivity index (χ2n) is 4.89. The molecule has 1 aliphatic rings. The highest BCUT2D eigenvalue weighted by Gasteiger charge is 2.31. The van der Waals surface area contributed by atoms with E-state index in [9.17, 15) is 9.90 Å². The Hall–Kier alpha value is -0.810. The van der Waals surface area contributed by atoms with Crippen LogP contribution in [0, 0.1) is 5.92 Å². The molecule has 0 bridgehead atoms. The summed E-state index contributed by atoms with van der Waals surface area (Å²) >= 11 is 0. The number of likely N-dealkylation sites (N-methyl/N-ethyl adjacent to an activating group) is 1. The molecule has 0 aromatic heterocycles. The van der Waals surface area contributed by atoms with E-state index in [1.807, 2.05) is 6.92 Å². The van der Waals surface area contributed by atoms with Gasteiger partial charge in [0.05, 0.1) is 12.7 Å². The maximum atomic E-state index is 11.4. The van der Waals surface area contributed by atoms with Gasteiger partial charge in [-0.25, -0.2) is 4.79 Å². The average molecular weight is 258 g/mol. The summed E-state index contributed by atoms with van der Waals surface area (Å²) in [6, 6.07) is 0.0731. The molecule has 5 nitrogen and oxygen atoms in total. The fraction of sp³-hybridized carbons (Fsp3) is 0.923. The molecule has 3 unspecified atom stereocenters. The molecule has 0 saturated carbocycles. The Bertz CT molecular complexity index is 261. The molecule has 0 aromatic rings. The third kappa shape index (κ3) is 4.46. The average Bonchev–Trinajstić information content (AvgIpc) is 2.37. The molecule has 0 spiro atoms. The number of ether oxygens (including phenoxy) is 1. The third-order valence-electron chi connectivity index (χ3n) is 3.57. The Morgan fingerprint density at radius 2 is 2.17 bits per heavy atom. The first-order chi connectivity index (χ1) is 8.60. The summed E-state index contributed by atoms with van der Waals surface area (Å²) in [5.74, 6) is 0.232. The van der Waals surface area contributed by atoms with Gasteiger partial charge in [0.15, 0.2) is 0 Å². The summed E-state index contributed by atoms with van der Waals surface area (Å²) in [7, 11) is 0. The van der Waals surface area contributed by atoms with E-state index in [0.29, 0.717) is 6.61 Å². The van der Waals surface area contributed by atoms with E-state index in [-0.39, 0.29) is 24.2 Å². The van der Waals surface area contributed by atoms with Crippen LogP contribution < -0.4 is 5.32 Å². The number of hydrogen-bond donors (Lipinski definition) is 2. The summed E-state index contributed by atoms with van der Waals surface area (Å²) in [5.41, 5.74) is 0. The van der Waals surface area contributed by atoms with Gasteiger partial charge in [0, 0.05) is 19.1 Å². The third-order valence-corrected chi connectivity index (χ3v) is 3.57. The van der Waals surface area contributed by atoms with Gasteiger partial charge in [-0.1, -0.05) is 13.8 Å². The van der Waals surface area contributed by atoms with Crippen molar-refractivity contribution in [2.45, 2.75) is 45.8 Å². The SMILES string of the molecule is CCOC(=O)NC1CC(C(O)CC)CN(CC)C1. The molecule has 1 saturated heterocycles. The van der Waals surface area contributed by atoms with E-state index < -0.39 is 0 Å². The van der Waals surface area contributed by atoms with E-state index in [0.717, 1.165) is 32.5 Å². The maximum Gasteiger partial charge on any atom is 0.407 e. The number of likely N-dealkylation sites (tertiary alicyclic amines) is 1. The normalized spacial score (nSPS) is 26.7. The van der Waals surface area contributed by atoms with Gasteiger partial charge in [-0.15, -0.1) is 0 Å². The molecule has 0 aromatic carbocycles. The molecule has 3 atom stereocenters. The lowest BCUT2D eigenvalue weighted by Gasteiger charge is -2.39. The lowest BCUT2D eigenvalue weighted by Crippen LogP contribution is -2.52. The quantitative estimate of drug-likeness (QED) is 0.778. The number of rotatable bonds is 5. The van der Waals surface area contributed by atoms with Crippen molar-refractivity contribution in [2.75, 3.05) is 26.2 Å². The lowest BCUT2D eigenvalue weighted by atomic mass is 9.88. The zero-order valence-electron chi connectivity index (χ0n) is 11.7. The molecule has 1 heterocycles. The van der Waals surface area contributed by atoms with Gasteiger partial charge in [-0.3, -0.25) is 0 Å². The summed E-state index contributed by atoms with van der Waals surface area (Å²) < 4.78 is 4.90. The minimum Gasteiger partial charge on any atom is -0.450 e. The second kappa shape index (κ2) is 7.59. The van der Waals surface area contributed by atoms with Crippen LogP contribution in [-0.2, 0) is 4.74 Å². The zero-order chi connectivity index (χ0) is 13.5. The van der Waals surface area contributed by atoms with Crippen LogP contribution in [0.15, 0.2) is 0 Å². The van der Waals surface area contributed by atoms with Crippen molar-refractivity contribution in [3.05, 3.63) is 0 Å². The zero-order valence-corrected chi connectivity index (χ0v) is 11.7. The van der Waals surface area contributed by atoms with E-state index >= 15 is 0 Å². The summed E-state index contributed by atoms with van der Waals surface area (Å²) in [6.07, 6.45) is 0.939. The molecule has 0 aliphatic carbocycles. The number of carbonyl (C=O) groups is 1. The Balaban J connectivity index is 2.53. The largest absolute Gasteiger partial charge is 0.450 e. The van der Waals surface area contributed by atoms with Crippen LogP contribution in [0.2, 0.25) is 0 Å². The van der Waals surface area contributed by atoms with Crippen LogP contribution in [0.1, 0.15) is 33.6 Å². The van der Waals surface area contributed by atoms with E-state index in [4.69, 9.17) is 4.74 Å². The number of aliphatic hydroxyl groups is 1. The van der Waals surface area contributed by atoms with Crippen LogP contribution >= 0.6 is 0 Å². The molecule has 1 fully saturated rings. The first-order valence-corrected chi connectivity index (χ1v) is 6.94. The second-order valence-corrected chi connectivity index (χ2v) is 4.89. The van der Waals surface area contributed by atoms with Gasteiger partial charge in [0.2, 0.25) is 0 Å². The Morgan fingerprint density at radius 1 is 1.44 bits per heavy atom. The van der Waals surface area contributed by atoms with E-state index in [1.165, 1.54) is 0 Å². The highest BCUT2D eigenvalue weighted by Crippen LogP contribution is 2.21. The lowest BCUT2D eigenvalue weighted by molar-refractivity contribution is 0.0364. The van der Waals surface area contributed by atoms with Crippen molar-refractivity contribution in [1.82, 2.24) is 10.2 Å². The first-order valence-electron chi connectivity index (χ1n) is 6.94. The monoisotopic (exact) mass is 258 g/mol. The topological polar surface area (TPSA) is 61.8 Å². The van der Waals surface area contributed by atoms with Crippen LogP contribution in [0.5, 0.6) is 0 Å². The van der Waals surface area contributed by atoms with Gasteiger partial charge in [-0.2, -0.15) is 0 Å². The summed E-state index contributed by atoms with van der Waals surface area (Å²) in [4.78, 5) is 13.7. The van der Waals surface area contributed by atoms with Crippen molar-refractivity contribution in [3.8, 4) is 0 Å². The van der Waals surface area contributed by atoms with Crippen LogP contribution in [0.4, 0.5) is 4.79 Å². The smallest absolute Gasteiger partial charge is 0.407 e. The van der Waals surface area contributed by atoms with E-state index in [2.05, 4.69) is 17.1 Å². The van der Waals surface area contributed by atoms with Crippen molar-refractivity contribution in [3.63, 3.8) is 0 Å². The number of piperidine rings is 1. The standard InChI is InChI=1S/C13H26N2O3/c1-4-12(16)10-7-11(9-15(5-2)8-10)14-13(17)18-6-3/h10-12,16H,4-9H2,1-3H3,(H,14,17). The fourth-order valence-electron chi connectivity index (χ4n) is 2.55. The van der Waals surface area contributed by atoms with Gasteiger partial charge >= 0.3 is 6.09 Å². The van der Waals surface area contributed by atoms with Crippen LogP contribution in [0.25, 0.3) is 0 Å². The number of nitrogens with zero attached hydrogens (tertiary/aromatic N) is 1. The minimum absolute atomic E-state index is 0.0731. The highest BCUT2D eigenvalue weighted by atomic mass is 16.5. The number of carbonyl (C=O) groups excluding carboxylic acids is 1. The van der Waals surface area contributed by atoms with Crippen molar-refractivity contribution >= 4 is 6.09 Å². The van der Waals surface area contributed by atoms with Gasteiger partial charge in [-0.05, 0) is 32.2 Å². The molecular weight excluding hydrogens is 232 g/mol. The Morgan fingerprint density at radius 3 is 2.72 bits per heavy atom. The Kier molecular flexibility index (Phi) is 6.43. The molecule has 1 amide bonds. The molecule has 1 rings (SSSR count). The first kappa shape index (κ1) is 15.2. The molecule has 106 valence electrons. The fourth-order valence-corrected chi connectivity index (χ4v) is 2.55. The predicted octanol–water partition coefficient (Wildman–Crippen LogP) is 1.21. The predicted molar refractivity (Wildman–Crippen MR) is 70.5 cm³/mol.